The molecule has 4 rings (SSSR count). The number of alkyl halides is 3. The smallest absolute Gasteiger partial charge is 0.416 e. The zero-order valence-electron chi connectivity index (χ0n) is 16.0. The Labute approximate surface area is 169 Å². The minimum atomic E-state index is -4.46. The topological polar surface area (TPSA) is 78.3 Å². The van der Waals surface area contributed by atoms with Gasteiger partial charge >= 0.3 is 6.18 Å². The number of fused-ring (bicyclic) bond motifs is 1. The lowest BCUT2D eigenvalue weighted by atomic mass is 10.1. The number of amides is 1. The Hall–Kier alpha value is -3.56. The lowest BCUT2D eigenvalue weighted by Gasteiger charge is -2.14. The Morgan fingerprint density at radius 1 is 1.30 bits per heavy atom. The van der Waals surface area contributed by atoms with E-state index in [-0.39, 0.29) is 23.9 Å². The summed E-state index contributed by atoms with van der Waals surface area (Å²) in [6.45, 7) is 1.88. The van der Waals surface area contributed by atoms with E-state index >= 15 is 0 Å². The van der Waals surface area contributed by atoms with Gasteiger partial charge < -0.3 is 19.4 Å². The summed E-state index contributed by atoms with van der Waals surface area (Å²) in [7, 11) is 1.44. The van der Waals surface area contributed by atoms with Gasteiger partial charge in [-0.2, -0.15) is 13.2 Å². The first kappa shape index (κ1) is 19.7. The number of imidazole rings is 1. The summed E-state index contributed by atoms with van der Waals surface area (Å²) >= 11 is 0. The fourth-order valence-electron chi connectivity index (χ4n) is 3.20. The van der Waals surface area contributed by atoms with Crippen molar-refractivity contribution in [2.24, 2.45) is 0 Å². The maximum absolute atomic E-state index is 12.9. The molecule has 0 spiro atoms. The van der Waals surface area contributed by atoms with E-state index in [4.69, 9.17) is 9.47 Å². The Morgan fingerprint density at radius 2 is 2.10 bits per heavy atom. The molecule has 1 amide bonds. The fraction of sp³-hybridized carbons (Fsp3) is 0.250. The number of hydrogen-bond donors (Lipinski definition) is 1. The molecule has 0 saturated heterocycles. The number of ether oxygens (including phenoxy) is 2. The van der Waals surface area contributed by atoms with Gasteiger partial charge in [0.15, 0.2) is 0 Å². The first-order valence-electron chi connectivity index (χ1n) is 8.97. The molecule has 2 aromatic heterocycles. The summed E-state index contributed by atoms with van der Waals surface area (Å²) in [5.41, 5.74) is 1.21. The van der Waals surface area contributed by atoms with Crippen molar-refractivity contribution >= 4 is 5.91 Å². The molecule has 0 fully saturated rings. The molecule has 30 heavy (non-hydrogen) atoms. The molecular weight excluding hydrogens is 401 g/mol. The minimum absolute atomic E-state index is 0.0336. The number of carbonyl (C=O) groups excluding carboxylic acids is 1. The third-order valence-electron chi connectivity index (χ3n) is 4.68. The zero-order chi connectivity index (χ0) is 21.5. The van der Waals surface area contributed by atoms with E-state index in [0.29, 0.717) is 11.3 Å². The average Bonchev–Trinajstić information content (AvgIpc) is 3.32. The minimum Gasteiger partial charge on any atom is -0.491 e. The van der Waals surface area contributed by atoms with Crippen molar-refractivity contribution in [3.63, 3.8) is 0 Å². The first-order chi connectivity index (χ1) is 14.3. The van der Waals surface area contributed by atoms with Crippen LogP contribution in [0.1, 0.15) is 33.4 Å². The van der Waals surface area contributed by atoms with Crippen LogP contribution in [0.3, 0.4) is 0 Å². The zero-order valence-corrected chi connectivity index (χ0v) is 16.0. The molecule has 156 valence electrons. The largest absolute Gasteiger partial charge is 0.491 e. The van der Waals surface area contributed by atoms with Crippen molar-refractivity contribution in [1.82, 2.24) is 19.9 Å². The van der Waals surface area contributed by atoms with Crippen LogP contribution >= 0.6 is 0 Å². The molecule has 3 heterocycles. The summed E-state index contributed by atoms with van der Waals surface area (Å²) in [4.78, 5) is 21.1. The molecule has 10 heteroatoms. The third kappa shape index (κ3) is 3.68. The Morgan fingerprint density at radius 3 is 2.77 bits per heavy atom. The van der Waals surface area contributed by atoms with Gasteiger partial charge in [-0.25, -0.2) is 9.97 Å². The predicted octanol–water partition coefficient (Wildman–Crippen LogP) is 3.47. The molecule has 1 aliphatic rings. The van der Waals surface area contributed by atoms with Crippen LogP contribution < -0.4 is 14.8 Å². The van der Waals surface area contributed by atoms with Gasteiger partial charge in [0.1, 0.15) is 23.7 Å². The number of pyridine rings is 1. The second-order valence-corrected chi connectivity index (χ2v) is 6.73. The predicted molar refractivity (Wildman–Crippen MR) is 99.8 cm³/mol. The van der Waals surface area contributed by atoms with E-state index in [1.807, 2.05) is 6.92 Å². The summed E-state index contributed by atoms with van der Waals surface area (Å²) in [6, 6.07) is 5.84. The monoisotopic (exact) mass is 418 g/mol. The van der Waals surface area contributed by atoms with Crippen LogP contribution in [0.5, 0.6) is 11.6 Å². The number of aromatic nitrogens is 3. The van der Waals surface area contributed by atoms with Crippen LogP contribution in [0.4, 0.5) is 13.2 Å². The van der Waals surface area contributed by atoms with Crippen molar-refractivity contribution < 1.29 is 27.4 Å². The Balaban J connectivity index is 1.54. The molecule has 1 atom stereocenters. The van der Waals surface area contributed by atoms with Crippen molar-refractivity contribution in [1.29, 1.82) is 0 Å². The van der Waals surface area contributed by atoms with Gasteiger partial charge in [-0.05, 0) is 31.2 Å². The summed E-state index contributed by atoms with van der Waals surface area (Å²) in [6.07, 6.45) is -1.06. The molecule has 3 aromatic rings. The maximum atomic E-state index is 12.9. The normalized spacial score (nSPS) is 15.4. The lowest BCUT2D eigenvalue weighted by molar-refractivity contribution is -0.137. The number of carbonyl (C=O) groups is 1. The highest BCUT2D eigenvalue weighted by Crippen LogP contribution is 2.38. The average molecular weight is 418 g/mol. The molecule has 0 unspecified atom stereocenters. The second kappa shape index (κ2) is 7.36. The molecule has 0 bridgehead atoms. The Bertz CT molecular complexity index is 1110. The number of hydrogen-bond acceptors (Lipinski definition) is 5. The van der Waals surface area contributed by atoms with E-state index < -0.39 is 23.7 Å². The van der Waals surface area contributed by atoms with E-state index in [2.05, 4.69) is 15.3 Å². The molecule has 1 aliphatic heterocycles. The molecule has 1 N–H and O–H groups in total. The van der Waals surface area contributed by atoms with Gasteiger partial charge in [0.25, 0.3) is 5.91 Å². The van der Waals surface area contributed by atoms with Crippen molar-refractivity contribution in [2.75, 3.05) is 13.7 Å². The third-order valence-corrected chi connectivity index (χ3v) is 4.68. The van der Waals surface area contributed by atoms with Crippen LogP contribution in [0.2, 0.25) is 0 Å². The van der Waals surface area contributed by atoms with E-state index in [1.165, 1.54) is 19.2 Å². The van der Waals surface area contributed by atoms with Gasteiger partial charge in [-0.15, -0.1) is 0 Å². The van der Waals surface area contributed by atoms with Crippen LogP contribution in [-0.2, 0) is 6.18 Å². The molecule has 0 radical (unpaired) electrons. The van der Waals surface area contributed by atoms with Gasteiger partial charge in [-0.1, -0.05) is 6.07 Å². The summed E-state index contributed by atoms with van der Waals surface area (Å²) in [5.74, 6) is -0.160. The van der Waals surface area contributed by atoms with Crippen molar-refractivity contribution in [2.45, 2.75) is 19.1 Å². The number of rotatable bonds is 4. The van der Waals surface area contributed by atoms with E-state index in [1.54, 1.807) is 23.2 Å². The van der Waals surface area contributed by atoms with E-state index in [9.17, 15) is 18.0 Å². The number of benzene rings is 1. The van der Waals surface area contributed by atoms with Crippen molar-refractivity contribution in [3.05, 3.63) is 65.4 Å². The quantitative estimate of drug-likeness (QED) is 0.702. The molecule has 7 nitrogen and oxygen atoms in total. The number of methoxy groups -OCH3 is 1. The first-order valence-corrected chi connectivity index (χ1v) is 8.97. The molecule has 0 saturated carbocycles. The van der Waals surface area contributed by atoms with Crippen LogP contribution in [0.15, 0.2) is 42.9 Å². The van der Waals surface area contributed by atoms with Gasteiger partial charge in [0.2, 0.25) is 5.88 Å². The standard InChI is InChI=1S/C20H17F3N4O3/c1-11-8-27(10-24-11)16-6-5-14(26-19(16)29-2)18(28)25-15-9-30-17-7-12(20(21,22)23)3-4-13(15)17/h3-8,10,15H,9H2,1-2H3,(H,25,28)/t15-/m1/s1. The highest BCUT2D eigenvalue weighted by molar-refractivity contribution is 5.93. The number of aryl methyl sites for hydroxylation is 1. The van der Waals surface area contributed by atoms with Crippen LogP contribution in [-0.4, -0.2) is 34.2 Å². The van der Waals surface area contributed by atoms with Gasteiger partial charge in [-0.3, -0.25) is 4.79 Å². The van der Waals surface area contributed by atoms with Crippen molar-refractivity contribution in [3.8, 4) is 17.3 Å². The lowest BCUT2D eigenvalue weighted by Crippen LogP contribution is -2.30. The van der Waals surface area contributed by atoms with Crippen LogP contribution in [0.25, 0.3) is 5.69 Å². The molecular formula is C20H17F3N4O3. The number of halogens is 3. The Kier molecular flexibility index (Phi) is 4.84. The van der Waals surface area contributed by atoms with Gasteiger partial charge in [0.05, 0.1) is 30.7 Å². The van der Waals surface area contributed by atoms with Gasteiger partial charge in [0, 0.05) is 11.8 Å². The van der Waals surface area contributed by atoms with Crippen LogP contribution in [0, 0.1) is 6.92 Å². The second-order valence-electron chi connectivity index (χ2n) is 6.73. The summed E-state index contributed by atoms with van der Waals surface area (Å²) < 4.78 is 50.9. The maximum Gasteiger partial charge on any atom is 0.416 e. The number of nitrogens with one attached hydrogen (secondary N) is 1. The fourth-order valence-corrected chi connectivity index (χ4v) is 3.20. The summed E-state index contributed by atoms with van der Waals surface area (Å²) in [5, 5.41) is 2.74. The highest BCUT2D eigenvalue weighted by atomic mass is 19.4. The molecule has 0 aliphatic carbocycles. The molecule has 1 aromatic carbocycles. The number of nitrogens with zero attached hydrogens (tertiary/aromatic N) is 3. The SMILES string of the molecule is COc1nc(C(=O)N[C@@H]2COc3cc(C(F)(F)F)ccc32)ccc1-n1cnc(C)c1. The highest BCUT2D eigenvalue weighted by Gasteiger charge is 2.34. The van der Waals surface area contributed by atoms with E-state index in [0.717, 1.165) is 17.8 Å².